The zero-order valence-corrected chi connectivity index (χ0v) is 14.6. The number of nitrogen functional groups attached to an aromatic ring is 1. The highest BCUT2D eigenvalue weighted by atomic mass is 32.2. The first-order valence-electron chi connectivity index (χ1n) is 7.55. The van der Waals surface area contributed by atoms with Crippen molar-refractivity contribution in [2.75, 3.05) is 12.0 Å². The molecule has 6 heteroatoms. The van der Waals surface area contributed by atoms with Crippen molar-refractivity contribution in [3.63, 3.8) is 0 Å². The number of aryl methyl sites for hydroxylation is 1. The van der Waals surface area contributed by atoms with Crippen LogP contribution in [0.2, 0.25) is 0 Å². The molecule has 0 saturated heterocycles. The summed E-state index contributed by atoms with van der Waals surface area (Å²) < 4.78 is 0.982. The predicted octanol–water partition coefficient (Wildman–Crippen LogP) is 4.16. The van der Waals surface area contributed by atoms with E-state index < -0.39 is 0 Å². The van der Waals surface area contributed by atoms with E-state index in [0.29, 0.717) is 11.7 Å². The lowest BCUT2D eigenvalue weighted by molar-refractivity contribution is 0.805. The van der Waals surface area contributed by atoms with Crippen LogP contribution in [-0.4, -0.2) is 21.2 Å². The maximum atomic E-state index is 6.16. The van der Waals surface area contributed by atoms with Gasteiger partial charge in [0.15, 0.2) is 5.16 Å². The first kappa shape index (κ1) is 14.2. The molecule has 0 spiro atoms. The Morgan fingerprint density at radius 3 is 2.64 bits per heavy atom. The third kappa shape index (κ3) is 1.93. The lowest BCUT2D eigenvalue weighted by Gasteiger charge is -2.11. The number of nitrogens with zero attached hydrogens (tertiary/aromatic N) is 3. The average molecular weight is 330 g/mol. The highest BCUT2D eigenvalue weighted by molar-refractivity contribution is 7.98. The van der Waals surface area contributed by atoms with E-state index in [9.17, 15) is 0 Å². The van der Waals surface area contributed by atoms with E-state index in [1.54, 1.807) is 11.3 Å². The normalized spacial score (nSPS) is 14.4. The number of pyridine rings is 1. The zero-order valence-electron chi connectivity index (χ0n) is 12.9. The van der Waals surface area contributed by atoms with Crippen molar-refractivity contribution in [1.82, 2.24) is 15.0 Å². The lowest BCUT2D eigenvalue weighted by atomic mass is 9.99. The van der Waals surface area contributed by atoms with Gasteiger partial charge in [0.1, 0.15) is 10.6 Å². The Labute approximate surface area is 137 Å². The summed E-state index contributed by atoms with van der Waals surface area (Å²) in [7, 11) is 0. The second-order valence-electron chi connectivity index (χ2n) is 6.02. The number of aromatic nitrogens is 3. The third-order valence-corrected chi connectivity index (χ3v) is 5.94. The van der Waals surface area contributed by atoms with Crippen molar-refractivity contribution < 1.29 is 0 Å². The van der Waals surface area contributed by atoms with E-state index in [0.717, 1.165) is 33.0 Å². The number of hydrogen-bond donors (Lipinski definition) is 1. The molecular formula is C16H18N4S2. The van der Waals surface area contributed by atoms with Crippen LogP contribution >= 0.6 is 23.1 Å². The zero-order chi connectivity index (χ0) is 15.4. The van der Waals surface area contributed by atoms with Gasteiger partial charge in [-0.15, -0.1) is 11.3 Å². The maximum Gasteiger partial charge on any atom is 0.189 e. The summed E-state index contributed by atoms with van der Waals surface area (Å²) in [6.07, 6.45) is 5.45. The first-order chi connectivity index (χ1) is 10.6. The Morgan fingerprint density at radius 2 is 1.91 bits per heavy atom. The molecule has 3 heterocycles. The molecule has 1 aliphatic rings. The molecule has 0 bridgehead atoms. The molecule has 22 heavy (non-hydrogen) atoms. The average Bonchev–Trinajstić information content (AvgIpc) is 3.09. The van der Waals surface area contributed by atoms with Crippen LogP contribution in [-0.2, 0) is 12.8 Å². The number of rotatable bonds is 2. The fourth-order valence-corrected chi connectivity index (χ4v) is 4.79. The van der Waals surface area contributed by atoms with Crippen molar-refractivity contribution in [2.45, 2.75) is 44.2 Å². The van der Waals surface area contributed by atoms with Crippen LogP contribution < -0.4 is 5.73 Å². The van der Waals surface area contributed by atoms with Crippen molar-refractivity contribution in [1.29, 1.82) is 0 Å². The minimum atomic E-state index is 0.451. The summed E-state index contributed by atoms with van der Waals surface area (Å²) >= 11 is 3.17. The van der Waals surface area contributed by atoms with Crippen LogP contribution in [0, 0.1) is 0 Å². The SMILES string of the molecule is CSc1nc(N)c2sc3nc(C(C)C)c4c(c3c2n1)CCC4. The quantitative estimate of drug-likeness (QED) is 0.565. The van der Waals surface area contributed by atoms with E-state index in [1.807, 2.05) is 6.26 Å². The van der Waals surface area contributed by atoms with Gasteiger partial charge in [-0.2, -0.15) is 0 Å². The molecule has 0 atom stereocenters. The predicted molar refractivity (Wildman–Crippen MR) is 95.0 cm³/mol. The van der Waals surface area contributed by atoms with Gasteiger partial charge in [-0.1, -0.05) is 25.6 Å². The summed E-state index contributed by atoms with van der Waals surface area (Å²) in [5.41, 5.74) is 11.3. The highest BCUT2D eigenvalue weighted by Gasteiger charge is 2.25. The van der Waals surface area contributed by atoms with Crippen LogP contribution in [0.4, 0.5) is 5.82 Å². The van der Waals surface area contributed by atoms with Gasteiger partial charge < -0.3 is 5.73 Å². The molecule has 0 aliphatic heterocycles. The topological polar surface area (TPSA) is 64.7 Å². The molecule has 0 fully saturated rings. The van der Waals surface area contributed by atoms with Crippen molar-refractivity contribution >= 4 is 49.3 Å². The summed E-state index contributed by atoms with van der Waals surface area (Å²) in [5.74, 6) is 1.03. The van der Waals surface area contributed by atoms with Gasteiger partial charge in [0, 0.05) is 11.1 Å². The molecule has 0 unspecified atom stereocenters. The maximum absolute atomic E-state index is 6.16. The minimum Gasteiger partial charge on any atom is -0.382 e. The summed E-state index contributed by atoms with van der Waals surface area (Å²) in [5, 5.41) is 1.96. The minimum absolute atomic E-state index is 0.451. The molecule has 3 aromatic rings. The van der Waals surface area contributed by atoms with Gasteiger partial charge >= 0.3 is 0 Å². The number of thiophene rings is 1. The van der Waals surface area contributed by atoms with Gasteiger partial charge in [0.25, 0.3) is 0 Å². The Balaban J connectivity index is 2.16. The Morgan fingerprint density at radius 1 is 1.14 bits per heavy atom. The van der Waals surface area contributed by atoms with E-state index in [2.05, 4.69) is 18.8 Å². The van der Waals surface area contributed by atoms with Gasteiger partial charge in [-0.3, -0.25) is 0 Å². The van der Waals surface area contributed by atoms with Crippen molar-refractivity contribution in [3.8, 4) is 0 Å². The fraction of sp³-hybridized carbons (Fsp3) is 0.438. The van der Waals surface area contributed by atoms with E-state index in [4.69, 9.17) is 15.7 Å². The summed E-state index contributed by atoms with van der Waals surface area (Å²) in [6.45, 7) is 4.44. The molecule has 0 saturated carbocycles. The largest absolute Gasteiger partial charge is 0.382 e. The van der Waals surface area contributed by atoms with E-state index in [1.165, 1.54) is 40.4 Å². The fourth-order valence-electron chi connectivity index (χ4n) is 3.36. The molecule has 2 N–H and O–H groups in total. The smallest absolute Gasteiger partial charge is 0.189 e. The second-order valence-corrected chi connectivity index (χ2v) is 7.79. The highest BCUT2D eigenvalue weighted by Crippen LogP contribution is 2.42. The van der Waals surface area contributed by atoms with Crippen molar-refractivity contribution in [3.05, 3.63) is 16.8 Å². The monoisotopic (exact) mass is 330 g/mol. The number of thioether (sulfide) groups is 1. The van der Waals surface area contributed by atoms with Crippen LogP contribution in [0.15, 0.2) is 5.16 Å². The molecule has 0 aromatic carbocycles. The molecular weight excluding hydrogens is 312 g/mol. The lowest BCUT2D eigenvalue weighted by Crippen LogP contribution is -2.00. The Kier molecular flexibility index (Phi) is 3.27. The van der Waals surface area contributed by atoms with Gasteiger partial charge in [-0.05, 0) is 42.6 Å². The van der Waals surface area contributed by atoms with Crippen LogP contribution in [0.1, 0.15) is 43.0 Å². The number of fused-ring (bicyclic) bond motifs is 5. The van der Waals surface area contributed by atoms with E-state index >= 15 is 0 Å². The molecule has 0 amide bonds. The molecule has 1 aliphatic carbocycles. The van der Waals surface area contributed by atoms with Gasteiger partial charge in [-0.25, -0.2) is 15.0 Å². The van der Waals surface area contributed by atoms with Crippen LogP contribution in [0.5, 0.6) is 0 Å². The summed E-state index contributed by atoms with van der Waals surface area (Å²) in [6, 6.07) is 0. The molecule has 3 aromatic heterocycles. The molecule has 4 nitrogen and oxygen atoms in total. The van der Waals surface area contributed by atoms with Gasteiger partial charge in [0.2, 0.25) is 0 Å². The van der Waals surface area contributed by atoms with E-state index in [-0.39, 0.29) is 0 Å². The molecule has 114 valence electrons. The number of hydrogen-bond acceptors (Lipinski definition) is 6. The van der Waals surface area contributed by atoms with Gasteiger partial charge in [0.05, 0.1) is 10.2 Å². The Bertz CT molecular complexity index is 898. The van der Waals surface area contributed by atoms with Crippen LogP contribution in [0.25, 0.3) is 20.4 Å². The second kappa shape index (κ2) is 5.06. The number of anilines is 1. The standard InChI is InChI=1S/C16H18N4S2/c1-7(2)11-9-6-4-5-8(9)10-12-13(22-15(10)18-11)14(17)20-16(19-12)21-3/h7H,4-6H2,1-3H3,(H2,17,19,20). The third-order valence-electron chi connectivity index (χ3n) is 4.30. The molecule has 4 rings (SSSR count). The number of nitrogens with two attached hydrogens (primary N) is 1. The molecule has 0 radical (unpaired) electrons. The Hall–Kier alpha value is -1.40. The van der Waals surface area contributed by atoms with Crippen LogP contribution in [0.3, 0.4) is 0 Å². The van der Waals surface area contributed by atoms with Crippen molar-refractivity contribution in [2.24, 2.45) is 0 Å². The first-order valence-corrected chi connectivity index (χ1v) is 9.59. The summed E-state index contributed by atoms with van der Waals surface area (Å²) in [4.78, 5) is 15.2.